The van der Waals surface area contributed by atoms with Crippen LogP contribution in [-0.4, -0.2) is 41.3 Å². The normalized spacial score (nSPS) is 17.0. The van der Waals surface area contributed by atoms with Crippen molar-refractivity contribution in [1.82, 2.24) is 15.0 Å². The summed E-state index contributed by atoms with van der Waals surface area (Å²) in [4.78, 5) is 16.3. The zero-order valence-electron chi connectivity index (χ0n) is 16.5. The van der Waals surface area contributed by atoms with Gasteiger partial charge in [-0.1, -0.05) is 36.4 Å². The predicted molar refractivity (Wildman–Crippen MR) is 118 cm³/mol. The Morgan fingerprint density at radius 1 is 0.867 bits per heavy atom. The van der Waals surface area contributed by atoms with Crippen molar-refractivity contribution < 1.29 is 4.74 Å². The molecule has 6 rings (SSSR count). The number of nitrogens with zero attached hydrogens (tertiary/aromatic N) is 4. The zero-order chi connectivity index (χ0) is 20.1. The van der Waals surface area contributed by atoms with Crippen molar-refractivity contribution in [2.45, 2.75) is 0 Å². The third-order valence-electron chi connectivity index (χ3n) is 5.99. The average Bonchev–Trinajstić information content (AvgIpc) is 2.72. The second-order valence-electron chi connectivity index (χ2n) is 8.29. The molecule has 0 amide bonds. The summed E-state index contributed by atoms with van der Waals surface area (Å²) in [5.41, 5.74) is 10.3. The summed E-state index contributed by atoms with van der Waals surface area (Å²) in [7, 11) is 0. The topological polar surface area (TPSA) is 77.2 Å². The molecule has 2 aromatic carbocycles. The maximum atomic E-state index is 5.90. The molecule has 148 valence electrons. The Morgan fingerprint density at radius 3 is 2.40 bits per heavy atom. The van der Waals surface area contributed by atoms with E-state index in [4.69, 9.17) is 20.4 Å². The molecule has 0 atom stereocenters. The summed E-state index contributed by atoms with van der Waals surface area (Å²) in [5.74, 6) is 2.25. The Hall–Kier alpha value is -3.51. The van der Waals surface area contributed by atoms with Gasteiger partial charge in [-0.2, -0.15) is 0 Å². The Kier molecular flexibility index (Phi) is 3.76. The lowest BCUT2D eigenvalue weighted by Crippen LogP contribution is -2.66. The first-order chi connectivity index (χ1) is 14.7. The smallest absolute Gasteiger partial charge is 0.162 e. The van der Waals surface area contributed by atoms with Crippen LogP contribution < -0.4 is 10.6 Å². The Morgan fingerprint density at radius 2 is 1.67 bits per heavy atom. The van der Waals surface area contributed by atoms with Crippen molar-refractivity contribution in [3.8, 4) is 22.5 Å². The number of pyridine rings is 1. The monoisotopic (exact) mass is 395 g/mol. The van der Waals surface area contributed by atoms with E-state index in [1.54, 1.807) is 6.20 Å². The molecule has 2 aromatic heterocycles. The molecule has 0 saturated carbocycles. The fourth-order valence-corrected chi connectivity index (χ4v) is 4.36. The van der Waals surface area contributed by atoms with Crippen LogP contribution in [0.15, 0.2) is 66.9 Å². The van der Waals surface area contributed by atoms with E-state index in [1.165, 1.54) is 0 Å². The molecule has 1 spiro atoms. The minimum Gasteiger partial charge on any atom is -0.384 e. The summed E-state index contributed by atoms with van der Waals surface area (Å²) in [6.45, 7) is 3.64. The van der Waals surface area contributed by atoms with Gasteiger partial charge in [0, 0.05) is 30.2 Å². The molecule has 2 saturated heterocycles. The van der Waals surface area contributed by atoms with Gasteiger partial charge in [0.1, 0.15) is 11.6 Å². The van der Waals surface area contributed by atoms with Gasteiger partial charge in [0.25, 0.3) is 0 Å². The van der Waals surface area contributed by atoms with Gasteiger partial charge in [-0.3, -0.25) is 0 Å². The third kappa shape index (κ3) is 2.80. The van der Waals surface area contributed by atoms with E-state index in [0.29, 0.717) is 11.2 Å². The lowest BCUT2D eigenvalue weighted by Gasteiger charge is -2.55. The third-order valence-corrected chi connectivity index (χ3v) is 5.99. The molecule has 0 bridgehead atoms. The number of nitrogens with two attached hydrogens (primary N) is 1. The molecule has 0 radical (unpaired) electrons. The molecular weight excluding hydrogens is 374 g/mol. The quantitative estimate of drug-likeness (QED) is 0.569. The van der Waals surface area contributed by atoms with Crippen LogP contribution >= 0.6 is 0 Å². The minimum absolute atomic E-state index is 0.307. The zero-order valence-corrected chi connectivity index (χ0v) is 16.5. The van der Waals surface area contributed by atoms with Gasteiger partial charge < -0.3 is 15.4 Å². The number of aromatic nitrogens is 3. The molecular formula is C24H21N5O. The molecule has 30 heavy (non-hydrogen) atoms. The summed E-state index contributed by atoms with van der Waals surface area (Å²) in [6, 6.07) is 20.3. The van der Waals surface area contributed by atoms with Crippen molar-refractivity contribution >= 4 is 22.5 Å². The van der Waals surface area contributed by atoms with E-state index >= 15 is 0 Å². The standard InChI is InChI=1S/C24H21N5O/c25-21-11-18(8-9-26-21)17-6-7-20-19(10-17)23(29-12-24(13-29)14-30-15-24)28-22(27-20)16-4-2-1-3-5-16/h1-11H,12-15H2,(H2,25,26). The van der Waals surface area contributed by atoms with Crippen LogP contribution in [0, 0.1) is 5.41 Å². The van der Waals surface area contributed by atoms with Gasteiger partial charge >= 0.3 is 0 Å². The Bertz CT molecular complexity index is 1250. The number of anilines is 2. The van der Waals surface area contributed by atoms with Crippen LogP contribution in [0.2, 0.25) is 0 Å². The summed E-state index contributed by atoms with van der Waals surface area (Å²) in [6.07, 6.45) is 1.74. The molecule has 2 fully saturated rings. The number of hydrogen-bond donors (Lipinski definition) is 1. The summed E-state index contributed by atoms with van der Waals surface area (Å²) in [5, 5.41) is 1.05. The SMILES string of the molecule is Nc1cc(-c2ccc3nc(-c4ccccc4)nc(N4CC5(COC5)C4)c3c2)ccn1. The molecule has 0 aliphatic carbocycles. The Balaban J connectivity index is 1.49. The number of benzene rings is 2. The molecule has 6 heteroatoms. The van der Waals surface area contributed by atoms with E-state index in [0.717, 1.165) is 65.5 Å². The van der Waals surface area contributed by atoms with Gasteiger partial charge in [0.15, 0.2) is 5.82 Å². The molecule has 2 aliphatic rings. The lowest BCUT2D eigenvalue weighted by molar-refractivity contribution is -0.127. The highest BCUT2D eigenvalue weighted by atomic mass is 16.5. The van der Waals surface area contributed by atoms with E-state index in [-0.39, 0.29) is 0 Å². The van der Waals surface area contributed by atoms with Crippen LogP contribution in [0.25, 0.3) is 33.4 Å². The van der Waals surface area contributed by atoms with Gasteiger partial charge in [-0.25, -0.2) is 15.0 Å². The first-order valence-electron chi connectivity index (χ1n) is 10.1. The van der Waals surface area contributed by atoms with Gasteiger partial charge in [-0.05, 0) is 35.4 Å². The number of rotatable bonds is 3. The maximum absolute atomic E-state index is 5.90. The summed E-state index contributed by atoms with van der Waals surface area (Å²) >= 11 is 0. The fourth-order valence-electron chi connectivity index (χ4n) is 4.36. The minimum atomic E-state index is 0.307. The number of hydrogen-bond acceptors (Lipinski definition) is 6. The van der Waals surface area contributed by atoms with Crippen molar-refractivity contribution in [1.29, 1.82) is 0 Å². The van der Waals surface area contributed by atoms with Crippen LogP contribution in [0.5, 0.6) is 0 Å². The van der Waals surface area contributed by atoms with Gasteiger partial charge in [0.2, 0.25) is 0 Å². The number of fused-ring (bicyclic) bond motifs is 1. The van der Waals surface area contributed by atoms with Crippen molar-refractivity contribution in [2.75, 3.05) is 36.9 Å². The highest BCUT2D eigenvalue weighted by Crippen LogP contribution is 2.42. The van der Waals surface area contributed by atoms with E-state index in [1.807, 2.05) is 30.3 Å². The van der Waals surface area contributed by atoms with Crippen LogP contribution in [0.1, 0.15) is 0 Å². The van der Waals surface area contributed by atoms with E-state index in [2.05, 4.69) is 40.2 Å². The largest absolute Gasteiger partial charge is 0.384 e. The molecule has 2 aliphatic heterocycles. The van der Waals surface area contributed by atoms with Crippen LogP contribution in [-0.2, 0) is 4.74 Å². The van der Waals surface area contributed by atoms with E-state index in [9.17, 15) is 0 Å². The molecule has 6 nitrogen and oxygen atoms in total. The molecule has 2 N–H and O–H groups in total. The van der Waals surface area contributed by atoms with Crippen molar-refractivity contribution in [2.24, 2.45) is 5.41 Å². The molecule has 4 heterocycles. The maximum Gasteiger partial charge on any atom is 0.162 e. The second-order valence-corrected chi connectivity index (χ2v) is 8.29. The second kappa shape index (κ2) is 6.50. The lowest BCUT2D eigenvalue weighted by atomic mass is 9.78. The Labute approximate surface area is 174 Å². The highest BCUT2D eigenvalue weighted by molar-refractivity contribution is 5.94. The van der Waals surface area contributed by atoms with Gasteiger partial charge in [-0.15, -0.1) is 0 Å². The highest BCUT2D eigenvalue weighted by Gasteiger charge is 2.49. The van der Waals surface area contributed by atoms with Crippen LogP contribution in [0.4, 0.5) is 11.6 Å². The summed E-state index contributed by atoms with van der Waals surface area (Å²) < 4.78 is 5.46. The first-order valence-corrected chi connectivity index (χ1v) is 10.1. The average molecular weight is 395 g/mol. The van der Waals surface area contributed by atoms with Crippen molar-refractivity contribution in [3.05, 3.63) is 66.9 Å². The van der Waals surface area contributed by atoms with E-state index < -0.39 is 0 Å². The number of nitrogen functional groups attached to an aromatic ring is 1. The predicted octanol–water partition coefficient (Wildman–Crippen LogP) is 3.78. The first kappa shape index (κ1) is 17.4. The number of ether oxygens (including phenoxy) is 1. The molecule has 0 unspecified atom stereocenters. The van der Waals surface area contributed by atoms with Gasteiger partial charge in [0.05, 0.1) is 24.1 Å². The van der Waals surface area contributed by atoms with Crippen LogP contribution in [0.3, 0.4) is 0 Å². The fraction of sp³-hybridized carbons (Fsp3) is 0.208. The van der Waals surface area contributed by atoms with Crippen molar-refractivity contribution in [3.63, 3.8) is 0 Å². The molecule has 4 aromatic rings.